The predicted octanol–water partition coefficient (Wildman–Crippen LogP) is 2.90. The maximum Gasteiger partial charge on any atom is 0.253 e. The summed E-state index contributed by atoms with van der Waals surface area (Å²) in [6.07, 6.45) is 1.03. The molecule has 5 heteroatoms. The van der Waals surface area contributed by atoms with Gasteiger partial charge >= 0.3 is 0 Å². The first-order chi connectivity index (χ1) is 12.0. The second-order valence-corrected chi connectivity index (χ2v) is 7.19. The number of hydrogen-bond acceptors (Lipinski definition) is 4. The summed E-state index contributed by atoms with van der Waals surface area (Å²) in [6.45, 7) is 11.3. The molecule has 0 radical (unpaired) electrons. The van der Waals surface area contributed by atoms with Crippen LogP contribution in [0.5, 0.6) is 5.75 Å². The number of methoxy groups -OCH3 is 1. The van der Waals surface area contributed by atoms with E-state index in [1.807, 2.05) is 29.2 Å². The van der Waals surface area contributed by atoms with Crippen molar-refractivity contribution in [1.29, 1.82) is 0 Å². The van der Waals surface area contributed by atoms with E-state index in [-0.39, 0.29) is 5.91 Å². The molecule has 1 aliphatic rings. The molecule has 2 rings (SSSR count). The van der Waals surface area contributed by atoms with E-state index >= 15 is 0 Å². The van der Waals surface area contributed by atoms with Gasteiger partial charge in [0, 0.05) is 44.9 Å². The number of ether oxygens (including phenoxy) is 2. The molecule has 1 fully saturated rings. The van der Waals surface area contributed by atoms with Gasteiger partial charge in [-0.1, -0.05) is 13.8 Å². The first-order valence-electron chi connectivity index (χ1n) is 9.26. The van der Waals surface area contributed by atoms with E-state index in [1.165, 1.54) is 0 Å². The molecule has 1 aliphatic heterocycles. The summed E-state index contributed by atoms with van der Waals surface area (Å²) in [5.41, 5.74) is 0.731. The zero-order chi connectivity index (χ0) is 18.2. The molecule has 1 amide bonds. The van der Waals surface area contributed by atoms with Gasteiger partial charge in [-0.2, -0.15) is 0 Å². The second kappa shape index (κ2) is 9.78. The van der Waals surface area contributed by atoms with E-state index < -0.39 is 0 Å². The van der Waals surface area contributed by atoms with E-state index in [9.17, 15) is 4.79 Å². The lowest BCUT2D eigenvalue weighted by atomic mass is 10.1. The van der Waals surface area contributed by atoms with Crippen LogP contribution in [0, 0.1) is 5.92 Å². The third-order valence-corrected chi connectivity index (χ3v) is 4.70. The fraction of sp³-hybridized carbons (Fsp3) is 0.650. The topological polar surface area (TPSA) is 42.0 Å². The Morgan fingerprint density at radius 3 is 2.28 bits per heavy atom. The van der Waals surface area contributed by atoms with Crippen molar-refractivity contribution in [3.05, 3.63) is 29.8 Å². The lowest BCUT2D eigenvalue weighted by molar-refractivity contribution is 0.0449. The van der Waals surface area contributed by atoms with E-state index in [2.05, 4.69) is 25.7 Å². The lowest BCUT2D eigenvalue weighted by Gasteiger charge is -2.37. The number of hydrogen-bond donors (Lipinski definition) is 0. The number of nitrogens with zero attached hydrogens (tertiary/aromatic N) is 2. The molecular weight excluding hydrogens is 316 g/mol. The Morgan fingerprint density at radius 1 is 1.08 bits per heavy atom. The van der Waals surface area contributed by atoms with Gasteiger partial charge in [-0.25, -0.2) is 0 Å². The Bertz CT molecular complexity index is 522. The Morgan fingerprint density at radius 2 is 1.72 bits per heavy atom. The number of carbonyl (C=O) groups excluding carboxylic acids is 1. The van der Waals surface area contributed by atoms with Crippen molar-refractivity contribution in [1.82, 2.24) is 9.80 Å². The molecule has 1 aromatic carbocycles. The summed E-state index contributed by atoms with van der Waals surface area (Å²) in [5, 5.41) is 0. The molecule has 0 spiro atoms. The van der Waals surface area contributed by atoms with Gasteiger partial charge in [0.25, 0.3) is 5.91 Å². The quantitative estimate of drug-likeness (QED) is 0.724. The highest BCUT2D eigenvalue weighted by Crippen LogP contribution is 2.16. The number of piperazine rings is 1. The van der Waals surface area contributed by atoms with Crippen LogP contribution in [-0.2, 0) is 4.74 Å². The summed E-state index contributed by atoms with van der Waals surface area (Å²) in [5.74, 6) is 1.56. The SMILES string of the molecule is COCC(C)N1CCN(C(=O)c2ccc(OCCC(C)C)cc2)CC1. The average molecular weight is 348 g/mol. The molecule has 1 saturated heterocycles. The van der Waals surface area contributed by atoms with Crippen LogP contribution in [-0.4, -0.2) is 68.3 Å². The molecule has 140 valence electrons. The smallest absolute Gasteiger partial charge is 0.253 e. The fourth-order valence-electron chi connectivity index (χ4n) is 3.00. The average Bonchev–Trinajstić information content (AvgIpc) is 2.62. The number of rotatable bonds is 8. The van der Waals surface area contributed by atoms with Crippen molar-refractivity contribution in [2.75, 3.05) is 46.5 Å². The minimum Gasteiger partial charge on any atom is -0.494 e. The first kappa shape index (κ1) is 19.7. The van der Waals surface area contributed by atoms with E-state index in [1.54, 1.807) is 7.11 Å². The largest absolute Gasteiger partial charge is 0.494 e. The van der Waals surface area contributed by atoms with E-state index in [0.717, 1.165) is 50.5 Å². The van der Waals surface area contributed by atoms with Crippen molar-refractivity contribution in [2.45, 2.75) is 33.2 Å². The van der Waals surface area contributed by atoms with Gasteiger partial charge < -0.3 is 14.4 Å². The van der Waals surface area contributed by atoms with E-state index in [4.69, 9.17) is 9.47 Å². The summed E-state index contributed by atoms with van der Waals surface area (Å²) in [7, 11) is 1.73. The van der Waals surface area contributed by atoms with Crippen molar-refractivity contribution in [3.63, 3.8) is 0 Å². The number of carbonyl (C=O) groups is 1. The highest BCUT2D eigenvalue weighted by Gasteiger charge is 2.24. The van der Waals surface area contributed by atoms with Crippen molar-refractivity contribution >= 4 is 5.91 Å². The summed E-state index contributed by atoms with van der Waals surface area (Å²) in [4.78, 5) is 17.0. The second-order valence-electron chi connectivity index (χ2n) is 7.19. The van der Waals surface area contributed by atoms with Gasteiger partial charge in [0.05, 0.1) is 13.2 Å². The normalized spacial score (nSPS) is 16.9. The first-order valence-corrected chi connectivity index (χ1v) is 9.26. The molecule has 0 bridgehead atoms. The molecule has 0 saturated carbocycles. The maximum atomic E-state index is 12.7. The lowest BCUT2D eigenvalue weighted by Crippen LogP contribution is -2.52. The molecule has 5 nitrogen and oxygen atoms in total. The third-order valence-electron chi connectivity index (χ3n) is 4.70. The van der Waals surface area contributed by atoms with E-state index in [0.29, 0.717) is 18.6 Å². The third kappa shape index (κ3) is 6.01. The molecule has 1 atom stereocenters. The minimum atomic E-state index is 0.104. The zero-order valence-corrected chi connectivity index (χ0v) is 16.0. The molecule has 1 aromatic rings. The van der Waals surface area contributed by atoms with Crippen molar-refractivity contribution in [2.24, 2.45) is 5.92 Å². The monoisotopic (exact) mass is 348 g/mol. The Labute approximate surface area is 151 Å². The van der Waals surface area contributed by atoms with Crippen LogP contribution < -0.4 is 4.74 Å². The van der Waals surface area contributed by atoms with Crippen LogP contribution in [0.25, 0.3) is 0 Å². The fourth-order valence-corrected chi connectivity index (χ4v) is 3.00. The highest BCUT2D eigenvalue weighted by molar-refractivity contribution is 5.94. The van der Waals surface area contributed by atoms with Gasteiger partial charge in [0.15, 0.2) is 0 Å². The summed E-state index contributed by atoms with van der Waals surface area (Å²) in [6, 6.07) is 7.92. The molecular formula is C20H32N2O3. The maximum absolute atomic E-state index is 12.7. The molecule has 1 heterocycles. The standard InChI is InChI=1S/C20H32N2O3/c1-16(2)9-14-25-19-7-5-18(6-8-19)20(23)22-12-10-21(11-13-22)17(3)15-24-4/h5-8,16-17H,9-15H2,1-4H3. The Kier molecular flexibility index (Phi) is 7.72. The van der Waals surface area contributed by atoms with Gasteiger partial charge in [-0.3, -0.25) is 9.69 Å². The molecule has 1 unspecified atom stereocenters. The van der Waals surface area contributed by atoms with Crippen LogP contribution in [0.15, 0.2) is 24.3 Å². The number of amides is 1. The number of benzene rings is 1. The van der Waals surface area contributed by atoms with Crippen molar-refractivity contribution in [3.8, 4) is 5.75 Å². The van der Waals surface area contributed by atoms with Crippen LogP contribution in [0.1, 0.15) is 37.6 Å². The molecule has 25 heavy (non-hydrogen) atoms. The Balaban J connectivity index is 1.83. The molecule has 0 aliphatic carbocycles. The summed E-state index contributed by atoms with van der Waals surface area (Å²) < 4.78 is 10.9. The zero-order valence-electron chi connectivity index (χ0n) is 16.0. The van der Waals surface area contributed by atoms with Gasteiger partial charge in [-0.05, 0) is 43.5 Å². The predicted molar refractivity (Wildman–Crippen MR) is 100 cm³/mol. The van der Waals surface area contributed by atoms with Crippen LogP contribution in [0.3, 0.4) is 0 Å². The minimum absolute atomic E-state index is 0.104. The van der Waals surface area contributed by atoms with Crippen LogP contribution in [0.4, 0.5) is 0 Å². The summed E-state index contributed by atoms with van der Waals surface area (Å²) >= 11 is 0. The van der Waals surface area contributed by atoms with Gasteiger partial charge in [0.2, 0.25) is 0 Å². The van der Waals surface area contributed by atoms with Gasteiger partial charge in [-0.15, -0.1) is 0 Å². The molecule has 0 aromatic heterocycles. The highest BCUT2D eigenvalue weighted by atomic mass is 16.5. The molecule has 0 N–H and O–H groups in total. The van der Waals surface area contributed by atoms with Gasteiger partial charge in [0.1, 0.15) is 5.75 Å². The van der Waals surface area contributed by atoms with Crippen molar-refractivity contribution < 1.29 is 14.3 Å². The van der Waals surface area contributed by atoms with Crippen LogP contribution in [0.2, 0.25) is 0 Å². The van der Waals surface area contributed by atoms with Crippen LogP contribution >= 0.6 is 0 Å². The Hall–Kier alpha value is -1.59.